The standard InChI is InChI=1S/C23H31N9O4/c1-23(2,3)20(31-12-15(25-29-31)13-5-6-13)22(35)30-11-14(33)9-16(30)21(34)24-10-18-27-26-17-7-8-19(36-4)28-32(17)18/h7-8,12-14,16,20,33H,5-6,9-11H2,1-4H3,(H,24,34)/t14-,16+,20-/m1/s1. The number of methoxy groups -OCH3 is 1. The predicted octanol–water partition coefficient (Wildman–Crippen LogP) is 0.467. The van der Waals surface area contributed by atoms with Crippen LogP contribution in [0.25, 0.3) is 5.65 Å². The highest BCUT2D eigenvalue weighted by Crippen LogP contribution is 2.40. The van der Waals surface area contributed by atoms with Gasteiger partial charge >= 0.3 is 0 Å². The number of β-amino-alcohol motifs (C(OH)–C–C–N with tert-alkyl or cyclic N) is 1. The highest BCUT2D eigenvalue weighted by atomic mass is 16.5. The molecule has 13 nitrogen and oxygen atoms in total. The summed E-state index contributed by atoms with van der Waals surface area (Å²) in [5, 5.41) is 34.2. The van der Waals surface area contributed by atoms with Gasteiger partial charge in [-0.15, -0.1) is 20.4 Å². The highest BCUT2D eigenvalue weighted by molar-refractivity contribution is 5.90. The smallest absolute Gasteiger partial charge is 0.248 e. The van der Waals surface area contributed by atoms with Crippen LogP contribution in [0.1, 0.15) is 63.5 Å². The number of carbonyl (C=O) groups is 2. The zero-order valence-corrected chi connectivity index (χ0v) is 20.8. The Labute approximate surface area is 207 Å². The van der Waals surface area contributed by atoms with E-state index in [1.807, 2.05) is 27.0 Å². The molecule has 3 atom stereocenters. The number of aromatic nitrogens is 7. The summed E-state index contributed by atoms with van der Waals surface area (Å²) in [6.07, 6.45) is 3.34. The maximum absolute atomic E-state index is 13.8. The molecule has 1 saturated carbocycles. The maximum Gasteiger partial charge on any atom is 0.248 e. The second-order valence-corrected chi connectivity index (χ2v) is 10.5. The van der Waals surface area contributed by atoms with E-state index in [1.54, 1.807) is 16.8 Å². The van der Waals surface area contributed by atoms with E-state index in [4.69, 9.17) is 4.74 Å². The number of ether oxygens (including phenoxy) is 1. The molecule has 1 aliphatic carbocycles. The monoisotopic (exact) mass is 497 g/mol. The average molecular weight is 498 g/mol. The van der Waals surface area contributed by atoms with Gasteiger partial charge in [0.2, 0.25) is 17.7 Å². The Bertz CT molecular complexity index is 1280. The molecule has 2 N–H and O–H groups in total. The minimum atomic E-state index is -0.828. The molecule has 36 heavy (non-hydrogen) atoms. The van der Waals surface area contributed by atoms with Crippen LogP contribution < -0.4 is 10.1 Å². The zero-order valence-electron chi connectivity index (χ0n) is 20.8. The lowest BCUT2D eigenvalue weighted by molar-refractivity contribution is -0.144. The third-order valence-electron chi connectivity index (χ3n) is 6.64. The fourth-order valence-electron chi connectivity index (χ4n) is 4.65. The molecule has 2 aliphatic rings. The van der Waals surface area contributed by atoms with Crippen LogP contribution >= 0.6 is 0 Å². The van der Waals surface area contributed by atoms with Crippen LogP contribution in [0.2, 0.25) is 0 Å². The Hall–Kier alpha value is -3.61. The first kappa shape index (κ1) is 24.1. The van der Waals surface area contributed by atoms with Gasteiger partial charge in [-0.3, -0.25) is 9.59 Å². The van der Waals surface area contributed by atoms with Gasteiger partial charge in [0, 0.05) is 31.1 Å². The molecule has 2 amide bonds. The Kier molecular flexibility index (Phi) is 6.10. The summed E-state index contributed by atoms with van der Waals surface area (Å²) in [6.45, 7) is 5.97. The minimum absolute atomic E-state index is 0.0469. The third-order valence-corrected chi connectivity index (χ3v) is 6.64. The van der Waals surface area contributed by atoms with Gasteiger partial charge in [-0.25, -0.2) is 4.68 Å². The van der Waals surface area contributed by atoms with Crippen LogP contribution in [-0.4, -0.2) is 82.4 Å². The van der Waals surface area contributed by atoms with E-state index in [-0.39, 0.29) is 31.3 Å². The number of hydrogen-bond acceptors (Lipinski definition) is 9. The van der Waals surface area contributed by atoms with Crippen molar-refractivity contribution in [3.63, 3.8) is 0 Å². The van der Waals surface area contributed by atoms with E-state index in [2.05, 4.69) is 30.9 Å². The molecule has 3 aromatic rings. The molecule has 13 heteroatoms. The van der Waals surface area contributed by atoms with Gasteiger partial charge in [-0.05, 0) is 24.3 Å². The average Bonchev–Trinajstić information content (AvgIpc) is 3.24. The van der Waals surface area contributed by atoms with E-state index in [0.29, 0.717) is 23.3 Å². The number of amides is 2. The molecule has 0 aromatic carbocycles. The van der Waals surface area contributed by atoms with Crippen LogP contribution in [-0.2, 0) is 16.1 Å². The zero-order chi connectivity index (χ0) is 25.6. The van der Waals surface area contributed by atoms with E-state index >= 15 is 0 Å². The number of rotatable bonds is 7. The summed E-state index contributed by atoms with van der Waals surface area (Å²) in [5.74, 6) is 0.549. The van der Waals surface area contributed by atoms with E-state index in [0.717, 1.165) is 18.5 Å². The molecular formula is C23H31N9O4. The highest BCUT2D eigenvalue weighted by Gasteiger charge is 2.45. The first-order valence-electron chi connectivity index (χ1n) is 12.1. The van der Waals surface area contributed by atoms with Crippen molar-refractivity contribution in [2.24, 2.45) is 5.41 Å². The number of hydrogen-bond donors (Lipinski definition) is 2. The van der Waals surface area contributed by atoms with Crippen LogP contribution in [0, 0.1) is 5.41 Å². The van der Waals surface area contributed by atoms with E-state index < -0.39 is 23.6 Å². The number of fused-ring (bicyclic) bond motifs is 1. The predicted molar refractivity (Wildman–Crippen MR) is 126 cm³/mol. The molecule has 1 aliphatic heterocycles. The summed E-state index contributed by atoms with van der Waals surface area (Å²) in [4.78, 5) is 28.5. The third kappa shape index (κ3) is 4.62. The summed E-state index contributed by atoms with van der Waals surface area (Å²) in [6, 6.07) is 1.88. The van der Waals surface area contributed by atoms with Gasteiger partial charge < -0.3 is 20.1 Å². The quantitative estimate of drug-likeness (QED) is 0.474. The lowest BCUT2D eigenvalue weighted by Gasteiger charge is -2.34. The summed E-state index contributed by atoms with van der Waals surface area (Å²) in [7, 11) is 1.51. The van der Waals surface area contributed by atoms with Crippen LogP contribution in [0.15, 0.2) is 18.3 Å². The van der Waals surface area contributed by atoms with E-state index in [1.165, 1.54) is 16.5 Å². The van der Waals surface area contributed by atoms with Gasteiger partial charge in [0.25, 0.3) is 0 Å². The van der Waals surface area contributed by atoms with Crippen molar-refractivity contribution in [3.05, 3.63) is 29.8 Å². The summed E-state index contributed by atoms with van der Waals surface area (Å²) >= 11 is 0. The minimum Gasteiger partial charge on any atom is -0.480 e. The topological polar surface area (TPSA) is 153 Å². The van der Waals surface area contributed by atoms with Gasteiger partial charge in [-0.2, -0.15) is 4.52 Å². The van der Waals surface area contributed by atoms with Gasteiger partial charge in [0.05, 0.1) is 25.5 Å². The fourth-order valence-corrected chi connectivity index (χ4v) is 4.65. The van der Waals surface area contributed by atoms with Crippen molar-refractivity contribution >= 4 is 17.5 Å². The van der Waals surface area contributed by atoms with Gasteiger partial charge in [-0.1, -0.05) is 26.0 Å². The van der Waals surface area contributed by atoms with Gasteiger partial charge in [0.15, 0.2) is 11.5 Å². The number of nitrogens with zero attached hydrogens (tertiary/aromatic N) is 8. The van der Waals surface area contributed by atoms with Crippen molar-refractivity contribution in [2.45, 2.75) is 70.7 Å². The lowest BCUT2D eigenvalue weighted by atomic mass is 9.85. The number of likely N-dealkylation sites (tertiary alicyclic amines) is 1. The van der Waals surface area contributed by atoms with E-state index in [9.17, 15) is 14.7 Å². The first-order valence-corrected chi connectivity index (χ1v) is 12.1. The summed E-state index contributed by atoms with van der Waals surface area (Å²) in [5.41, 5.74) is 0.906. The van der Waals surface area contributed by atoms with Crippen LogP contribution in [0.3, 0.4) is 0 Å². The molecule has 1 saturated heterocycles. The molecule has 0 spiro atoms. The number of nitrogens with one attached hydrogen (secondary N) is 1. The SMILES string of the molecule is COc1ccc2nnc(CNC(=O)[C@@H]3C[C@@H](O)CN3C(=O)[C@@H](n3cc(C4CC4)nn3)C(C)(C)C)n2n1. The van der Waals surface area contributed by atoms with Crippen LogP contribution in [0.5, 0.6) is 5.88 Å². The van der Waals surface area contributed by atoms with Crippen molar-refractivity contribution in [1.29, 1.82) is 0 Å². The molecule has 0 radical (unpaired) electrons. The second kappa shape index (κ2) is 9.12. The second-order valence-electron chi connectivity index (χ2n) is 10.5. The number of carbonyl (C=O) groups excluding carboxylic acids is 2. The van der Waals surface area contributed by atoms with Crippen molar-refractivity contribution in [1.82, 2.24) is 45.0 Å². The molecule has 192 valence electrons. The Balaban J connectivity index is 1.33. The maximum atomic E-state index is 13.8. The molecule has 5 rings (SSSR count). The fraction of sp³-hybridized carbons (Fsp3) is 0.609. The van der Waals surface area contributed by atoms with Crippen molar-refractivity contribution in [3.8, 4) is 5.88 Å². The normalized spacial score (nSPS) is 21.1. The molecule has 0 bridgehead atoms. The Morgan fingerprint density at radius 1 is 1.22 bits per heavy atom. The lowest BCUT2D eigenvalue weighted by Crippen LogP contribution is -2.50. The van der Waals surface area contributed by atoms with Crippen molar-refractivity contribution < 1.29 is 19.4 Å². The van der Waals surface area contributed by atoms with Crippen LogP contribution in [0.4, 0.5) is 0 Å². The largest absolute Gasteiger partial charge is 0.480 e. The summed E-state index contributed by atoms with van der Waals surface area (Å²) < 4.78 is 8.25. The Morgan fingerprint density at radius 2 is 2.00 bits per heavy atom. The molecule has 4 heterocycles. The molecule has 0 unspecified atom stereocenters. The molecular weight excluding hydrogens is 466 g/mol. The molecule has 2 fully saturated rings. The number of aliphatic hydroxyl groups excluding tert-OH is 1. The molecule has 3 aromatic heterocycles. The first-order chi connectivity index (χ1) is 17.2. The van der Waals surface area contributed by atoms with Crippen molar-refractivity contribution in [2.75, 3.05) is 13.7 Å². The Morgan fingerprint density at radius 3 is 2.69 bits per heavy atom. The van der Waals surface area contributed by atoms with Gasteiger partial charge in [0.1, 0.15) is 12.1 Å². The number of aliphatic hydroxyl groups is 1.